The summed E-state index contributed by atoms with van der Waals surface area (Å²) in [5, 5.41) is 4.61. The number of pyridine rings is 3. The minimum atomic E-state index is 0.0649. The maximum Gasteiger partial charge on any atom is 0.0963 e. The highest BCUT2D eigenvalue weighted by atomic mass is 15.2. The van der Waals surface area contributed by atoms with Crippen LogP contribution in [-0.4, -0.2) is 37.8 Å². The first kappa shape index (κ1) is 32.3. The number of aromatic nitrogens is 4. The molecule has 56 heavy (non-hydrogen) atoms. The Morgan fingerprint density at radius 3 is 2.29 bits per heavy atom. The van der Waals surface area contributed by atoms with Gasteiger partial charge in [0, 0.05) is 70.9 Å². The normalized spacial score (nSPS) is 18.6. The van der Waals surface area contributed by atoms with Gasteiger partial charge in [-0.15, -0.1) is 0 Å². The van der Waals surface area contributed by atoms with E-state index in [2.05, 4.69) is 167 Å². The molecule has 3 aliphatic heterocycles. The number of rotatable bonds is 6. The molecule has 0 bridgehead atoms. The number of para-hydroxylation sites is 2. The minimum absolute atomic E-state index is 0.0649. The molecule has 7 heteroatoms. The van der Waals surface area contributed by atoms with Crippen LogP contribution >= 0.6 is 0 Å². The van der Waals surface area contributed by atoms with Crippen LogP contribution in [0.25, 0.3) is 44.6 Å². The van der Waals surface area contributed by atoms with Crippen molar-refractivity contribution in [2.24, 2.45) is 4.99 Å². The first-order chi connectivity index (χ1) is 27.8. The molecule has 0 spiro atoms. The molecule has 11 rings (SSSR count). The molecule has 0 aliphatic carbocycles. The molecule has 4 aromatic carbocycles. The molecule has 3 unspecified atom stereocenters. The van der Waals surface area contributed by atoms with Crippen molar-refractivity contribution in [2.75, 3.05) is 11.4 Å². The fraction of sp³-hybridized carbons (Fsp3) is 0.102. The lowest BCUT2D eigenvalue weighted by Crippen LogP contribution is -2.40. The molecule has 1 N–H and O–H groups in total. The van der Waals surface area contributed by atoms with Gasteiger partial charge in [-0.2, -0.15) is 0 Å². The summed E-state index contributed by atoms with van der Waals surface area (Å²) in [6.07, 6.45) is 11.1. The second-order valence-corrected chi connectivity index (χ2v) is 14.7. The zero-order valence-corrected chi connectivity index (χ0v) is 30.6. The Hall–Kier alpha value is -7.12. The van der Waals surface area contributed by atoms with Crippen molar-refractivity contribution >= 4 is 44.7 Å². The lowest BCUT2D eigenvalue weighted by atomic mass is 9.91. The third-order valence-corrected chi connectivity index (χ3v) is 11.5. The molecule has 8 aromatic rings. The van der Waals surface area contributed by atoms with Crippen molar-refractivity contribution in [2.45, 2.75) is 24.3 Å². The second kappa shape index (κ2) is 13.3. The second-order valence-electron chi connectivity index (χ2n) is 14.7. The van der Waals surface area contributed by atoms with Crippen LogP contribution in [-0.2, 0) is 0 Å². The lowest BCUT2D eigenvalue weighted by molar-refractivity contribution is 0.575. The van der Waals surface area contributed by atoms with E-state index in [0.717, 1.165) is 73.8 Å². The van der Waals surface area contributed by atoms with Crippen molar-refractivity contribution in [1.29, 1.82) is 0 Å². The SMILES string of the molecule is C1=CC2c3ccccc3N(c3ccc(C4=CC(c5ccccn5)CC(c5cccc(-c6ccc(-n7c8ccccc8c8ncccc87)cc6)n5)=N4)cc3)C2CN1. The van der Waals surface area contributed by atoms with E-state index in [1.165, 1.54) is 16.9 Å². The highest BCUT2D eigenvalue weighted by molar-refractivity contribution is 6.07. The monoisotopic (exact) mass is 723 g/mol. The van der Waals surface area contributed by atoms with Crippen molar-refractivity contribution < 1.29 is 0 Å². The molecule has 0 radical (unpaired) electrons. The molecule has 7 nitrogen and oxygen atoms in total. The van der Waals surface area contributed by atoms with Crippen LogP contribution in [0.2, 0.25) is 0 Å². The summed E-state index contributed by atoms with van der Waals surface area (Å²) in [4.78, 5) is 22.5. The molecular weight excluding hydrogens is 687 g/mol. The van der Waals surface area contributed by atoms with Crippen LogP contribution in [0.4, 0.5) is 11.4 Å². The molecule has 3 aliphatic rings. The van der Waals surface area contributed by atoms with E-state index in [-0.39, 0.29) is 5.92 Å². The smallest absolute Gasteiger partial charge is 0.0963 e. The summed E-state index contributed by atoms with van der Waals surface area (Å²) in [5.74, 6) is 0.438. The third kappa shape index (κ3) is 5.42. The summed E-state index contributed by atoms with van der Waals surface area (Å²) >= 11 is 0. The largest absolute Gasteiger partial charge is 0.389 e. The van der Waals surface area contributed by atoms with E-state index >= 15 is 0 Å². The van der Waals surface area contributed by atoms with Crippen molar-refractivity contribution in [3.63, 3.8) is 0 Å². The van der Waals surface area contributed by atoms with Gasteiger partial charge < -0.3 is 14.8 Å². The van der Waals surface area contributed by atoms with Gasteiger partial charge in [0.1, 0.15) is 0 Å². The van der Waals surface area contributed by atoms with E-state index in [1.807, 2.05) is 24.5 Å². The number of allylic oxidation sites excluding steroid dienone is 1. The van der Waals surface area contributed by atoms with Gasteiger partial charge in [0.25, 0.3) is 0 Å². The van der Waals surface area contributed by atoms with Crippen molar-refractivity contribution in [1.82, 2.24) is 24.8 Å². The van der Waals surface area contributed by atoms with Crippen LogP contribution in [0.1, 0.15) is 40.8 Å². The first-order valence-corrected chi connectivity index (χ1v) is 19.3. The Morgan fingerprint density at radius 2 is 1.39 bits per heavy atom. The highest BCUT2D eigenvalue weighted by Gasteiger charge is 2.38. The number of anilines is 2. The van der Waals surface area contributed by atoms with Gasteiger partial charge in [-0.05, 0) is 96.2 Å². The van der Waals surface area contributed by atoms with Gasteiger partial charge in [0.15, 0.2) is 0 Å². The molecule has 0 fully saturated rings. The number of nitrogens with one attached hydrogen (secondary N) is 1. The van der Waals surface area contributed by atoms with Gasteiger partial charge in [0.2, 0.25) is 0 Å². The molecule has 7 heterocycles. The third-order valence-electron chi connectivity index (χ3n) is 11.5. The molecule has 0 saturated carbocycles. The zero-order chi connectivity index (χ0) is 37.0. The maximum atomic E-state index is 5.31. The lowest BCUT2D eigenvalue weighted by Gasteiger charge is -2.32. The number of hydrogen-bond donors (Lipinski definition) is 1. The van der Waals surface area contributed by atoms with Crippen LogP contribution in [0, 0.1) is 0 Å². The number of benzene rings is 4. The summed E-state index contributed by atoms with van der Waals surface area (Å²) in [6, 6.07) is 51.7. The van der Waals surface area contributed by atoms with E-state index in [9.17, 15) is 0 Å². The molecule has 4 aromatic heterocycles. The number of fused-ring (bicyclic) bond motifs is 6. The fourth-order valence-corrected chi connectivity index (χ4v) is 8.86. The van der Waals surface area contributed by atoms with Gasteiger partial charge in [0.05, 0.1) is 45.4 Å². The van der Waals surface area contributed by atoms with Gasteiger partial charge >= 0.3 is 0 Å². The van der Waals surface area contributed by atoms with Crippen LogP contribution in [0.15, 0.2) is 181 Å². The van der Waals surface area contributed by atoms with Crippen LogP contribution in [0.5, 0.6) is 0 Å². The number of nitrogens with zero attached hydrogens (tertiary/aromatic N) is 6. The molecule has 3 atom stereocenters. The topological polar surface area (TPSA) is 71.2 Å². The quantitative estimate of drug-likeness (QED) is 0.185. The van der Waals surface area contributed by atoms with Gasteiger partial charge in [-0.25, -0.2) is 4.98 Å². The first-order valence-electron chi connectivity index (χ1n) is 19.3. The average molecular weight is 724 g/mol. The Kier molecular flexibility index (Phi) is 7.69. The summed E-state index contributed by atoms with van der Waals surface area (Å²) in [6.45, 7) is 0.900. The van der Waals surface area contributed by atoms with Gasteiger partial charge in [-0.3, -0.25) is 15.0 Å². The van der Waals surface area contributed by atoms with Crippen LogP contribution < -0.4 is 10.2 Å². The van der Waals surface area contributed by atoms with Gasteiger partial charge in [-0.1, -0.05) is 78.9 Å². The molecule has 268 valence electrons. The van der Waals surface area contributed by atoms with Crippen LogP contribution in [0.3, 0.4) is 0 Å². The predicted molar refractivity (Wildman–Crippen MR) is 227 cm³/mol. The fourth-order valence-electron chi connectivity index (χ4n) is 8.86. The van der Waals surface area contributed by atoms with Crippen molar-refractivity contribution in [3.8, 4) is 16.9 Å². The Bertz CT molecular complexity index is 2800. The molecular formula is C49H37N7. The Morgan fingerprint density at radius 1 is 0.625 bits per heavy atom. The van der Waals surface area contributed by atoms with E-state index < -0.39 is 0 Å². The zero-order valence-electron chi connectivity index (χ0n) is 30.6. The van der Waals surface area contributed by atoms with E-state index in [4.69, 9.17) is 19.9 Å². The minimum Gasteiger partial charge on any atom is -0.389 e. The van der Waals surface area contributed by atoms with E-state index in [0.29, 0.717) is 18.4 Å². The Balaban J connectivity index is 0.927. The summed E-state index contributed by atoms with van der Waals surface area (Å²) in [5.41, 5.74) is 15.0. The Labute approximate surface area is 325 Å². The molecule has 0 saturated heterocycles. The highest BCUT2D eigenvalue weighted by Crippen LogP contribution is 2.47. The average Bonchev–Trinajstić information content (AvgIpc) is 3.80. The predicted octanol–water partition coefficient (Wildman–Crippen LogP) is 10.4. The van der Waals surface area contributed by atoms with E-state index in [1.54, 1.807) is 0 Å². The summed E-state index contributed by atoms with van der Waals surface area (Å²) < 4.78 is 2.28. The molecule has 0 amide bonds. The standard InChI is InChI=1S/C49H37N7/c1-3-14-45-37(9-1)38-25-28-50-31-48(38)56(45)36-23-19-33(20-24-36)43-29-34(40-11-5-6-26-51-40)30-44(54-43)42-13-7-12-41(53-42)32-17-21-35(22-18-32)55-46-15-4-2-10-39(46)49-47(55)16-8-27-52-49/h1-29,34,38,48,50H,30-31H2. The number of hydrogen-bond acceptors (Lipinski definition) is 6. The van der Waals surface area contributed by atoms with Crippen molar-refractivity contribution in [3.05, 3.63) is 199 Å². The maximum absolute atomic E-state index is 5.31. The number of aliphatic imine (C=N–C) groups is 1. The summed E-state index contributed by atoms with van der Waals surface area (Å²) in [7, 11) is 0.